The number of hydrogen-bond donors (Lipinski definition) is 4. The Balaban J connectivity index is 2.31. The predicted molar refractivity (Wildman–Crippen MR) is 65.1 cm³/mol. The Labute approximate surface area is 101 Å². The predicted octanol–water partition coefficient (Wildman–Crippen LogP) is 1.44. The SMILES string of the molecule is CC(C)N[C@@H]1CCc2c(O)cc(O)cc2[C@H]1O. The van der Waals surface area contributed by atoms with Crippen molar-refractivity contribution in [2.45, 2.75) is 44.9 Å². The van der Waals surface area contributed by atoms with Crippen molar-refractivity contribution in [1.29, 1.82) is 0 Å². The molecule has 0 radical (unpaired) electrons. The number of phenolic OH excluding ortho intramolecular Hbond substituents is 2. The van der Waals surface area contributed by atoms with Gasteiger partial charge in [0.05, 0.1) is 6.10 Å². The molecule has 0 amide bonds. The maximum Gasteiger partial charge on any atom is 0.122 e. The lowest BCUT2D eigenvalue weighted by molar-refractivity contribution is 0.109. The van der Waals surface area contributed by atoms with E-state index in [9.17, 15) is 15.3 Å². The Bertz CT molecular complexity index is 417. The second-order valence-electron chi connectivity index (χ2n) is 4.94. The van der Waals surface area contributed by atoms with Crippen molar-refractivity contribution in [2.75, 3.05) is 0 Å². The van der Waals surface area contributed by atoms with Crippen LogP contribution in [0.3, 0.4) is 0 Å². The molecule has 0 aliphatic heterocycles. The zero-order valence-corrected chi connectivity index (χ0v) is 10.1. The van der Waals surface area contributed by atoms with Crippen LogP contribution in [-0.4, -0.2) is 27.4 Å². The van der Waals surface area contributed by atoms with E-state index in [0.29, 0.717) is 18.0 Å². The lowest BCUT2D eigenvalue weighted by Gasteiger charge is -2.32. The minimum atomic E-state index is -0.681. The van der Waals surface area contributed by atoms with E-state index in [4.69, 9.17) is 0 Å². The highest BCUT2D eigenvalue weighted by molar-refractivity contribution is 5.48. The van der Waals surface area contributed by atoms with E-state index in [1.807, 2.05) is 13.8 Å². The second-order valence-corrected chi connectivity index (χ2v) is 4.94. The van der Waals surface area contributed by atoms with E-state index < -0.39 is 6.10 Å². The molecule has 0 unspecified atom stereocenters. The molecular formula is C13H19NO3. The van der Waals surface area contributed by atoms with Crippen LogP contribution in [0.1, 0.15) is 37.5 Å². The Morgan fingerprint density at radius 2 is 2.00 bits per heavy atom. The zero-order chi connectivity index (χ0) is 12.6. The summed E-state index contributed by atoms with van der Waals surface area (Å²) in [5, 5.41) is 32.7. The van der Waals surface area contributed by atoms with Crippen LogP contribution in [0.4, 0.5) is 0 Å². The van der Waals surface area contributed by atoms with Crippen LogP contribution < -0.4 is 5.32 Å². The van der Waals surface area contributed by atoms with Crippen LogP contribution in [-0.2, 0) is 6.42 Å². The summed E-state index contributed by atoms with van der Waals surface area (Å²) >= 11 is 0. The summed E-state index contributed by atoms with van der Waals surface area (Å²) in [6, 6.07) is 3.13. The molecule has 0 bridgehead atoms. The van der Waals surface area contributed by atoms with E-state index in [0.717, 1.165) is 12.0 Å². The molecule has 0 saturated heterocycles. The molecule has 1 aliphatic carbocycles. The maximum absolute atomic E-state index is 10.2. The van der Waals surface area contributed by atoms with Gasteiger partial charge in [-0.05, 0) is 24.5 Å². The molecule has 1 aromatic carbocycles. The summed E-state index contributed by atoms with van der Waals surface area (Å²) in [7, 11) is 0. The third-order valence-corrected chi connectivity index (χ3v) is 3.20. The monoisotopic (exact) mass is 237 g/mol. The Hall–Kier alpha value is -1.26. The fraction of sp³-hybridized carbons (Fsp3) is 0.538. The van der Waals surface area contributed by atoms with Gasteiger partial charge in [0.1, 0.15) is 11.5 Å². The van der Waals surface area contributed by atoms with Gasteiger partial charge in [-0.25, -0.2) is 0 Å². The minimum absolute atomic E-state index is 0.00880. The van der Waals surface area contributed by atoms with Gasteiger partial charge in [-0.3, -0.25) is 0 Å². The van der Waals surface area contributed by atoms with Crippen LogP contribution in [0.2, 0.25) is 0 Å². The largest absolute Gasteiger partial charge is 0.508 e. The average molecular weight is 237 g/mol. The van der Waals surface area contributed by atoms with Crippen LogP contribution in [0, 0.1) is 0 Å². The van der Waals surface area contributed by atoms with Crippen molar-refractivity contribution in [3.8, 4) is 11.5 Å². The third kappa shape index (κ3) is 2.37. The first-order chi connectivity index (χ1) is 7.99. The summed E-state index contributed by atoms with van der Waals surface area (Å²) < 4.78 is 0. The molecule has 0 heterocycles. The van der Waals surface area contributed by atoms with E-state index in [1.165, 1.54) is 12.1 Å². The third-order valence-electron chi connectivity index (χ3n) is 3.20. The molecular weight excluding hydrogens is 218 g/mol. The highest BCUT2D eigenvalue weighted by atomic mass is 16.3. The highest BCUT2D eigenvalue weighted by Crippen LogP contribution is 2.37. The van der Waals surface area contributed by atoms with Gasteiger partial charge in [0.2, 0.25) is 0 Å². The topological polar surface area (TPSA) is 72.7 Å². The molecule has 2 atom stereocenters. The Morgan fingerprint density at radius 3 is 2.65 bits per heavy atom. The summed E-state index contributed by atoms with van der Waals surface area (Å²) in [6.45, 7) is 4.06. The standard InChI is InChI=1S/C13H19NO3/c1-7(2)14-11-4-3-9-10(13(11)17)5-8(15)6-12(9)16/h5-7,11,13-17H,3-4H2,1-2H3/t11-,13-/m1/s1. The van der Waals surface area contributed by atoms with Crippen molar-refractivity contribution in [3.05, 3.63) is 23.3 Å². The number of rotatable bonds is 2. The van der Waals surface area contributed by atoms with Gasteiger partial charge in [0.15, 0.2) is 0 Å². The number of hydrogen-bond acceptors (Lipinski definition) is 4. The fourth-order valence-corrected chi connectivity index (χ4v) is 2.48. The molecule has 17 heavy (non-hydrogen) atoms. The molecule has 2 rings (SSSR count). The normalized spacial score (nSPS) is 23.8. The smallest absolute Gasteiger partial charge is 0.122 e. The van der Waals surface area contributed by atoms with Gasteiger partial charge in [-0.2, -0.15) is 0 Å². The second kappa shape index (κ2) is 4.55. The van der Waals surface area contributed by atoms with Gasteiger partial charge in [0, 0.05) is 23.7 Å². The van der Waals surface area contributed by atoms with E-state index in [1.54, 1.807) is 0 Å². The number of aliphatic hydroxyl groups is 1. The molecule has 1 aliphatic rings. The van der Waals surface area contributed by atoms with E-state index in [2.05, 4.69) is 5.32 Å². The molecule has 0 spiro atoms. The first-order valence-electron chi connectivity index (χ1n) is 5.98. The lowest BCUT2D eigenvalue weighted by Crippen LogP contribution is -2.41. The van der Waals surface area contributed by atoms with Crippen molar-refractivity contribution >= 4 is 0 Å². The molecule has 94 valence electrons. The van der Waals surface area contributed by atoms with Crippen molar-refractivity contribution in [2.24, 2.45) is 0 Å². The maximum atomic E-state index is 10.2. The molecule has 0 aromatic heterocycles. The summed E-state index contributed by atoms with van der Waals surface area (Å²) in [5.41, 5.74) is 1.38. The summed E-state index contributed by atoms with van der Waals surface area (Å²) in [4.78, 5) is 0. The van der Waals surface area contributed by atoms with Crippen LogP contribution in [0.5, 0.6) is 11.5 Å². The van der Waals surface area contributed by atoms with E-state index >= 15 is 0 Å². The fourth-order valence-electron chi connectivity index (χ4n) is 2.48. The first kappa shape index (κ1) is 12.2. The molecule has 4 N–H and O–H groups in total. The van der Waals surface area contributed by atoms with Gasteiger partial charge < -0.3 is 20.6 Å². The average Bonchev–Trinajstić information content (AvgIpc) is 2.22. The number of aromatic hydroxyl groups is 2. The summed E-state index contributed by atoms with van der Waals surface area (Å²) in [5.74, 6) is 0.0625. The van der Waals surface area contributed by atoms with Crippen LogP contribution >= 0.6 is 0 Å². The van der Waals surface area contributed by atoms with Gasteiger partial charge in [-0.15, -0.1) is 0 Å². The number of phenols is 2. The van der Waals surface area contributed by atoms with Crippen LogP contribution in [0.25, 0.3) is 0 Å². The molecule has 4 heteroatoms. The summed E-state index contributed by atoms with van der Waals surface area (Å²) in [6.07, 6.45) is 0.812. The zero-order valence-electron chi connectivity index (χ0n) is 10.1. The van der Waals surface area contributed by atoms with E-state index in [-0.39, 0.29) is 17.5 Å². The number of fused-ring (bicyclic) bond motifs is 1. The first-order valence-corrected chi connectivity index (χ1v) is 5.98. The van der Waals surface area contributed by atoms with Gasteiger partial charge in [0.25, 0.3) is 0 Å². The van der Waals surface area contributed by atoms with Crippen molar-refractivity contribution in [1.82, 2.24) is 5.32 Å². The molecule has 0 fully saturated rings. The Morgan fingerprint density at radius 1 is 1.29 bits per heavy atom. The molecule has 0 saturated carbocycles. The Kier molecular flexibility index (Phi) is 3.26. The number of benzene rings is 1. The van der Waals surface area contributed by atoms with Gasteiger partial charge in [-0.1, -0.05) is 13.8 Å². The van der Waals surface area contributed by atoms with Gasteiger partial charge >= 0.3 is 0 Å². The van der Waals surface area contributed by atoms with Crippen molar-refractivity contribution < 1.29 is 15.3 Å². The molecule has 4 nitrogen and oxygen atoms in total. The van der Waals surface area contributed by atoms with Crippen molar-refractivity contribution in [3.63, 3.8) is 0 Å². The quantitative estimate of drug-likeness (QED) is 0.628. The number of aliphatic hydroxyl groups excluding tert-OH is 1. The minimum Gasteiger partial charge on any atom is -0.508 e. The lowest BCUT2D eigenvalue weighted by atomic mass is 9.85. The molecule has 1 aromatic rings. The highest BCUT2D eigenvalue weighted by Gasteiger charge is 2.30. The number of nitrogens with one attached hydrogen (secondary N) is 1. The van der Waals surface area contributed by atoms with Crippen LogP contribution in [0.15, 0.2) is 12.1 Å².